The van der Waals surface area contributed by atoms with Crippen molar-refractivity contribution in [3.05, 3.63) is 52.9 Å². The average Bonchev–Trinajstić information content (AvgIpc) is 2.89. The number of aromatic nitrogens is 2. The zero-order chi connectivity index (χ0) is 16.4. The predicted molar refractivity (Wildman–Crippen MR) is 85.9 cm³/mol. The molecule has 1 aliphatic rings. The minimum atomic E-state index is -1.07. The molecule has 0 unspecified atom stereocenters. The number of nitrogens with zero attached hydrogens (tertiary/aromatic N) is 3. The van der Waals surface area contributed by atoms with Gasteiger partial charge in [0.25, 0.3) is 0 Å². The lowest BCUT2D eigenvalue weighted by Crippen LogP contribution is -2.22. The molecule has 2 N–H and O–H groups in total. The molecule has 0 radical (unpaired) electrons. The van der Waals surface area contributed by atoms with E-state index in [4.69, 9.17) is 16.7 Å². The van der Waals surface area contributed by atoms with Crippen LogP contribution in [0.15, 0.2) is 36.8 Å². The molecule has 0 spiro atoms. The van der Waals surface area contributed by atoms with E-state index in [0.29, 0.717) is 18.9 Å². The first-order chi connectivity index (χ1) is 11.0. The Hall–Kier alpha value is -2.18. The number of rotatable bonds is 4. The summed E-state index contributed by atoms with van der Waals surface area (Å²) in [7, 11) is 0. The first-order valence-electron chi connectivity index (χ1n) is 7.25. The second kappa shape index (κ2) is 6.52. The van der Waals surface area contributed by atoms with Gasteiger partial charge in [-0.3, -0.25) is 4.98 Å². The van der Waals surface area contributed by atoms with Crippen molar-refractivity contribution in [1.29, 1.82) is 0 Å². The third kappa shape index (κ3) is 3.43. The van der Waals surface area contributed by atoms with Crippen molar-refractivity contribution in [3.8, 4) is 0 Å². The van der Waals surface area contributed by atoms with Crippen molar-refractivity contribution < 1.29 is 15.0 Å². The largest absolute Gasteiger partial charge is 0.478 e. The molecule has 0 saturated carbocycles. The quantitative estimate of drug-likeness (QED) is 0.888. The number of β-amino-alcohol motifs (C(OH)–C–C–N with tert-alkyl or cyclic N) is 1. The molecule has 1 saturated heterocycles. The summed E-state index contributed by atoms with van der Waals surface area (Å²) in [6.45, 7) is 1.04. The Morgan fingerprint density at radius 1 is 1.35 bits per heavy atom. The van der Waals surface area contributed by atoms with E-state index >= 15 is 0 Å². The van der Waals surface area contributed by atoms with Crippen LogP contribution in [0.25, 0.3) is 0 Å². The summed E-state index contributed by atoms with van der Waals surface area (Å²) in [6, 6.07) is 5.25. The topological polar surface area (TPSA) is 86.5 Å². The predicted octanol–water partition coefficient (Wildman–Crippen LogP) is 1.87. The fourth-order valence-electron chi connectivity index (χ4n) is 2.83. The highest BCUT2D eigenvalue weighted by Gasteiger charge is 2.33. The van der Waals surface area contributed by atoms with E-state index in [1.807, 2.05) is 17.0 Å². The highest BCUT2D eigenvalue weighted by Crippen LogP contribution is 2.30. The number of carboxylic acid groups (broad SMARTS) is 1. The highest BCUT2D eigenvalue weighted by atomic mass is 35.5. The number of aliphatic hydroxyl groups excluding tert-OH is 1. The van der Waals surface area contributed by atoms with E-state index in [-0.39, 0.29) is 16.5 Å². The van der Waals surface area contributed by atoms with Crippen LogP contribution >= 0.6 is 11.6 Å². The maximum Gasteiger partial charge on any atom is 0.337 e. The van der Waals surface area contributed by atoms with Crippen molar-refractivity contribution in [3.63, 3.8) is 0 Å². The molecule has 2 aromatic rings. The molecule has 0 amide bonds. The fourth-order valence-corrected chi connectivity index (χ4v) is 3.12. The number of pyridine rings is 2. The monoisotopic (exact) mass is 333 g/mol. The summed E-state index contributed by atoms with van der Waals surface area (Å²) in [4.78, 5) is 21.0. The van der Waals surface area contributed by atoms with E-state index in [1.165, 1.54) is 12.3 Å². The van der Waals surface area contributed by atoms with Gasteiger partial charge in [0, 0.05) is 37.6 Å². The van der Waals surface area contributed by atoms with Crippen molar-refractivity contribution in [2.75, 3.05) is 18.0 Å². The van der Waals surface area contributed by atoms with Crippen LogP contribution in [0.3, 0.4) is 0 Å². The Morgan fingerprint density at radius 3 is 2.74 bits per heavy atom. The summed E-state index contributed by atoms with van der Waals surface area (Å²) >= 11 is 6.15. The van der Waals surface area contributed by atoms with Crippen LogP contribution < -0.4 is 4.90 Å². The second-order valence-corrected chi connectivity index (χ2v) is 6.03. The lowest BCUT2D eigenvalue weighted by atomic mass is 9.97. The summed E-state index contributed by atoms with van der Waals surface area (Å²) < 4.78 is 0. The molecule has 0 bridgehead atoms. The smallest absolute Gasteiger partial charge is 0.337 e. The third-order valence-corrected chi connectivity index (χ3v) is 4.30. The molecule has 0 aliphatic carbocycles. The second-order valence-electron chi connectivity index (χ2n) is 5.63. The minimum Gasteiger partial charge on any atom is -0.478 e. The SMILES string of the molecule is O=C(O)c1cnc(N2C[C@@H](Cc3ccncc3)[C@@H](O)C2)c(Cl)c1. The van der Waals surface area contributed by atoms with Crippen LogP contribution in [0, 0.1) is 5.92 Å². The van der Waals surface area contributed by atoms with Gasteiger partial charge in [0.05, 0.1) is 16.7 Å². The molecule has 6 nitrogen and oxygen atoms in total. The molecular formula is C16H16ClN3O3. The number of hydrogen-bond donors (Lipinski definition) is 2. The highest BCUT2D eigenvalue weighted by molar-refractivity contribution is 6.33. The Balaban J connectivity index is 1.74. The number of hydrogen-bond acceptors (Lipinski definition) is 5. The Labute approximate surface area is 138 Å². The molecule has 23 heavy (non-hydrogen) atoms. The zero-order valence-electron chi connectivity index (χ0n) is 12.3. The number of aliphatic hydroxyl groups is 1. The van der Waals surface area contributed by atoms with Gasteiger partial charge in [-0.1, -0.05) is 11.6 Å². The van der Waals surface area contributed by atoms with Gasteiger partial charge >= 0.3 is 5.97 Å². The average molecular weight is 334 g/mol. The lowest BCUT2D eigenvalue weighted by Gasteiger charge is -2.18. The summed E-state index contributed by atoms with van der Waals surface area (Å²) in [5.41, 5.74) is 1.16. The van der Waals surface area contributed by atoms with E-state index in [0.717, 1.165) is 12.0 Å². The van der Waals surface area contributed by atoms with Crippen LogP contribution in [0.4, 0.5) is 5.82 Å². The number of aromatic carboxylic acids is 1. The Morgan fingerprint density at radius 2 is 2.09 bits per heavy atom. The van der Waals surface area contributed by atoms with Crippen LogP contribution in [-0.4, -0.2) is 45.3 Å². The fraction of sp³-hybridized carbons (Fsp3) is 0.312. The molecule has 1 aliphatic heterocycles. The number of carbonyl (C=O) groups is 1. The van der Waals surface area contributed by atoms with Gasteiger partial charge in [0.1, 0.15) is 5.82 Å². The maximum atomic E-state index is 10.9. The Bertz CT molecular complexity index is 711. The van der Waals surface area contributed by atoms with Crippen molar-refractivity contribution in [2.45, 2.75) is 12.5 Å². The van der Waals surface area contributed by atoms with Gasteiger partial charge in [-0.15, -0.1) is 0 Å². The number of halogens is 1. The van der Waals surface area contributed by atoms with Gasteiger partial charge in [-0.05, 0) is 30.2 Å². The van der Waals surface area contributed by atoms with Gasteiger partial charge in [0.2, 0.25) is 0 Å². The van der Waals surface area contributed by atoms with Crippen LogP contribution in [-0.2, 0) is 6.42 Å². The van der Waals surface area contributed by atoms with Crippen molar-refractivity contribution in [2.24, 2.45) is 5.92 Å². The first kappa shape index (κ1) is 15.7. The Kier molecular flexibility index (Phi) is 4.45. The number of anilines is 1. The maximum absolute atomic E-state index is 10.9. The van der Waals surface area contributed by atoms with Crippen LogP contribution in [0.5, 0.6) is 0 Å². The lowest BCUT2D eigenvalue weighted by molar-refractivity contribution is 0.0696. The first-order valence-corrected chi connectivity index (χ1v) is 7.63. The van der Waals surface area contributed by atoms with Crippen molar-refractivity contribution >= 4 is 23.4 Å². The molecule has 7 heteroatoms. The summed E-state index contributed by atoms with van der Waals surface area (Å²) in [5.74, 6) is -0.495. The van der Waals surface area contributed by atoms with E-state index in [2.05, 4.69) is 9.97 Å². The summed E-state index contributed by atoms with van der Waals surface area (Å²) in [6.07, 6.45) is 5.01. The molecule has 120 valence electrons. The minimum absolute atomic E-state index is 0.0480. The van der Waals surface area contributed by atoms with Crippen molar-refractivity contribution in [1.82, 2.24) is 9.97 Å². The molecule has 3 heterocycles. The number of carboxylic acids is 1. The zero-order valence-corrected chi connectivity index (χ0v) is 13.0. The van der Waals surface area contributed by atoms with E-state index in [9.17, 15) is 9.90 Å². The van der Waals surface area contributed by atoms with Crippen LogP contribution in [0.2, 0.25) is 5.02 Å². The molecule has 2 aromatic heterocycles. The molecule has 0 aromatic carbocycles. The molecule has 3 rings (SSSR count). The van der Waals surface area contributed by atoms with Gasteiger partial charge in [-0.2, -0.15) is 0 Å². The van der Waals surface area contributed by atoms with Crippen LogP contribution in [0.1, 0.15) is 15.9 Å². The molecule has 2 atom stereocenters. The van der Waals surface area contributed by atoms with E-state index in [1.54, 1.807) is 12.4 Å². The molecular weight excluding hydrogens is 318 g/mol. The van der Waals surface area contributed by atoms with Gasteiger partial charge in [0.15, 0.2) is 0 Å². The normalized spacial score (nSPS) is 20.7. The van der Waals surface area contributed by atoms with E-state index < -0.39 is 12.1 Å². The standard InChI is InChI=1S/C16H16ClN3O3/c17-13-6-11(16(22)23)7-19-15(13)20-8-12(14(21)9-20)5-10-1-3-18-4-2-10/h1-4,6-7,12,14,21H,5,8-9H2,(H,22,23)/t12-,14+/m1/s1. The van der Waals surface area contributed by atoms with Gasteiger partial charge in [-0.25, -0.2) is 9.78 Å². The third-order valence-electron chi connectivity index (χ3n) is 4.02. The van der Waals surface area contributed by atoms with Gasteiger partial charge < -0.3 is 15.1 Å². The molecule has 1 fully saturated rings. The summed E-state index contributed by atoms with van der Waals surface area (Å²) in [5, 5.41) is 19.5.